The van der Waals surface area contributed by atoms with E-state index in [2.05, 4.69) is 5.32 Å². The molecule has 0 aliphatic heterocycles. The summed E-state index contributed by atoms with van der Waals surface area (Å²) in [5.74, 6) is 0.700. The summed E-state index contributed by atoms with van der Waals surface area (Å²) in [6, 6.07) is 5.83. The number of methoxy groups -OCH3 is 1. The maximum Gasteiger partial charge on any atom is 0.207 e. The van der Waals surface area contributed by atoms with Crippen LogP contribution in [0.25, 0.3) is 0 Å². The van der Waals surface area contributed by atoms with E-state index >= 15 is 0 Å². The van der Waals surface area contributed by atoms with E-state index < -0.39 is 0 Å². The standard InChI is InChI=1S/C16H22ClNO3/c1-20-8-3-9-21-15-10-13(4-5-14(15)17)11-16(18-12-19)6-2-7-16/h4-5,10,12H,2-3,6-9,11H2,1H3,(H,18,19). The van der Waals surface area contributed by atoms with Crippen LogP contribution in [0, 0.1) is 0 Å². The van der Waals surface area contributed by atoms with Gasteiger partial charge in [-0.2, -0.15) is 0 Å². The Labute approximate surface area is 130 Å². The minimum atomic E-state index is -0.0805. The van der Waals surface area contributed by atoms with E-state index in [9.17, 15) is 4.79 Å². The van der Waals surface area contributed by atoms with Gasteiger partial charge in [0.2, 0.25) is 6.41 Å². The summed E-state index contributed by atoms with van der Waals surface area (Å²) in [5, 5.41) is 3.58. The van der Waals surface area contributed by atoms with Crippen molar-refractivity contribution in [3.8, 4) is 5.75 Å². The quantitative estimate of drug-likeness (QED) is 0.563. The number of halogens is 1. The molecule has 1 aromatic carbocycles. The molecular formula is C16H22ClNO3. The Bertz CT molecular complexity index is 475. The van der Waals surface area contributed by atoms with E-state index in [1.807, 2.05) is 18.2 Å². The molecule has 1 N–H and O–H groups in total. The van der Waals surface area contributed by atoms with E-state index in [0.717, 1.165) is 44.1 Å². The monoisotopic (exact) mass is 311 g/mol. The van der Waals surface area contributed by atoms with Crippen LogP contribution in [0.15, 0.2) is 18.2 Å². The van der Waals surface area contributed by atoms with Gasteiger partial charge in [-0.3, -0.25) is 4.79 Å². The molecular weight excluding hydrogens is 290 g/mol. The summed E-state index contributed by atoms with van der Waals surface area (Å²) in [6.07, 6.45) is 5.66. The van der Waals surface area contributed by atoms with Gasteiger partial charge in [-0.25, -0.2) is 0 Å². The van der Waals surface area contributed by atoms with Crippen LogP contribution in [0.1, 0.15) is 31.2 Å². The van der Waals surface area contributed by atoms with Crippen molar-refractivity contribution in [1.82, 2.24) is 5.32 Å². The lowest BCUT2D eigenvalue weighted by atomic mass is 9.73. The van der Waals surface area contributed by atoms with Crippen LogP contribution in [-0.4, -0.2) is 32.3 Å². The molecule has 1 aromatic rings. The first-order chi connectivity index (χ1) is 10.2. The minimum Gasteiger partial charge on any atom is -0.492 e. The highest BCUT2D eigenvalue weighted by Crippen LogP contribution is 2.36. The van der Waals surface area contributed by atoms with E-state index in [0.29, 0.717) is 24.0 Å². The van der Waals surface area contributed by atoms with Crippen LogP contribution < -0.4 is 10.1 Å². The van der Waals surface area contributed by atoms with Crippen molar-refractivity contribution in [2.75, 3.05) is 20.3 Å². The smallest absolute Gasteiger partial charge is 0.207 e. The van der Waals surface area contributed by atoms with Gasteiger partial charge in [0.05, 0.1) is 11.6 Å². The molecule has 2 rings (SSSR count). The van der Waals surface area contributed by atoms with E-state index in [-0.39, 0.29) is 5.54 Å². The number of ether oxygens (including phenoxy) is 2. The summed E-state index contributed by atoms with van der Waals surface area (Å²) in [5.41, 5.74) is 1.05. The Morgan fingerprint density at radius 2 is 2.19 bits per heavy atom. The normalized spacial score (nSPS) is 16.1. The molecule has 0 atom stereocenters. The van der Waals surface area contributed by atoms with Crippen LogP contribution in [0.2, 0.25) is 5.02 Å². The summed E-state index contributed by atoms with van der Waals surface area (Å²) in [6.45, 7) is 1.25. The molecule has 0 heterocycles. The average Bonchev–Trinajstić information content (AvgIpc) is 2.44. The SMILES string of the molecule is COCCCOc1cc(CC2(NC=O)CCC2)ccc1Cl. The van der Waals surface area contributed by atoms with Crippen molar-refractivity contribution in [3.05, 3.63) is 28.8 Å². The van der Waals surface area contributed by atoms with Crippen molar-refractivity contribution in [2.45, 2.75) is 37.6 Å². The summed E-state index contributed by atoms with van der Waals surface area (Å²) < 4.78 is 10.7. The predicted octanol–water partition coefficient (Wildman–Crippen LogP) is 2.97. The van der Waals surface area contributed by atoms with Gasteiger partial charge >= 0.3 is 0 Å². The number of amides is 1. The minimum absolute atomic E-state index is 0.0805. The zero-order chi connectivity index (χ0) is 15.1. The van der Waals surface area contributed by atoms with Crippen molar-refractivity contribution < 1.29 is 14.3 Å². The molecule has 1 aliphatic carbocycles. The maximum absolute atomic E-state index is 10.8. The van der Waals surface area contributed by atoms with Crippen LogP contribution in [0.3, 0.4) is 0 Å². The van der Waals surface area contributed by atoms with E-state index in [4.69, 9.17) is 21.1 Å². The Hall–Kier alpha value is -1.26. The molecule has 116 valence electrons. The van der Waals surface area contributed by atoms with Gasteiger partial charge in [0.1, 0.15) is 5.75 Å². The molecule has 21 heavy (non-hydrogen) atoms. The lowest BCUT2D eigenvalue weighted by Crippen LogP contribution is -2.52. The van der Waals surface area contributed by atoms with Gasteiger partial charge in [-0.15, -0.1) is 0 Å². The average molecular weight is 312 g/mol. The predicted molar refractivity (Wildman–Crippen MR) is 82.9 cm³/mol. The third-order valence-electron chi connectivity index (χ3n) is 3.96. The van der Waals surface area contributed by atoms with Crippen molar-refractivity contribution in [3.63, 3.8) is 0 Å². The largest absolute Gasteiger partial charge is 0.492 e. The second-order valence-corrected chi connectivity index (χ2v) is 5.94. The zero-order valence-corrected chi connectivity index (χ0v) is 13.1. The highest BCUT2D eigenvalue weighted by atomic mass is 35.5. The fourth-order valence-electron chi connectivity index (χ4n) is 2.65. The topological polar surface area (TPSA) is 47.6 Å². The van der Waals surface area contributed by atoms with Gasteiger partial charge in [0.25, 0.3) is 0 Å². The Balaban J connectivity index is 1.98. The number of hydrogen-bond acceptors (Lipinski definition) is 3. The van der Waals surface area contributed by atoms with Crippen molar-refractivity contribution in [1.29, 1.82) is 0 Å². The highest BCUT2D eigenvalue weighted by molar-refractivity contribution is 6.32. The first-order valence-corrected chi connectivity index (χ1v) is 7.68. The molecule has 0 bridgehead atoms. The Morgan fingerprint density at radius 1 is 1.38 bits per heavy atom. The summed E-state index contributed by atoms with van der Waals surface area (Å²) in [7, 11) is 1.67. The van der Waals surface area contributed by atoms with Crippen molar-refractivity contribution in [2.24, 2.45) is 0 Å². The first-order valence-electron chi connectivity index (χ1n) is 7.31. The van der Waals surface area contributed by atoms with Crippen LogP contribution >= 0.6 is 11.6 Å². The van der Waals surface area contributed by atoms with E-state index in [1.54, 1.807) is 7.11 Å². The molecule has 5 heteroatoms. The zero-order valence-electron chi connectivity index (χ0n) is 12.4. The highest BCUT2D eigenvalue weighted by Gasteiger charge is 2.36. The molecule has 0 aromatic heterocycles. The number of carbonyl (C=O) groups is 1. The maximum atomic E-state index is 10.8. The Morgan fingerprint density at radius 3 is 2.81 bits per heavy atom. The molecule has 1 saturated carbocycles. The molecule has 1 fully saturated rings. The summed E-state index contributed by atoms with van der Waals surface area (Å²) in [4.78, 5) is 10.8. The van der Waals surface area contributed by atoms with Gasteiger partial charge in [0, 0.05) is 25.7 Å². The number of nitrogens with one attached hydrogen (secondary N) is 1. The number of benzene rings is 1. The third-order valence-corrected chi connectivity index (χ3v) is 4.28. The molecule has 1 aliphatic rings. The summed E-state index contributed by atoms with van der Waals surface area (Å²) >= 11 is 6.16. The number of carbonyl (C=O) groups excluding carboxylic acids is 1. The number of hydrogen-bond donors (Lipinski definition) is 1. The van der Waals surface area contributed by atoms with Gasteiger partial charge < -0.3 is 14.8 Å². The third kappa shape index (κ3) is 4.35. The van der Waals surface area contributed by atoms with Crippen molar-refractivity contribution >= 4 is 18.0 Å². The molecule has 0 radical (unpaired) electrons. The lowest BCUT2D eigenvalue weighted by Gasteiger charge is -2.41. The van der Waals surface area contributed by atoms with Gasteiger partial charge in [0.15, 0.2) is 0 Å². The van der Waals surface area contributed by atoms with Gasteiger partial charge in [-0.1, -0.05) is 17.7 Å². The molecule has 0 saturated heterocycles. The molecule has 0 spiro atoms. The Kier molecular flexibility index (Phi) is 5.88. The van der Waals surface area contributed by atoms with Crippen LogP contribution in [-0.2, 0) is 16.0 Å². The lowest BCUT2D eigenvalue weighted by molar-refractivity contribution is -0.112. The molecule has 0 unspecified atom stereocenters. The molecule has 1 amide bonds. The second kappa shape index (κ2) is 7.66. The van der Waals surface area contributed by atoms with Gasteiger partial charge in [-0.05, 0) is 43.4 Å². The fraction of sp³-hybridized carbons (Fsp3) is 0.562. The van der Waals surface area contributed by atoms with Crippen LogP contribution in [0.5, 0.6) is 5.75 Å². The first kappa shape index (κ1) is 16.1. The number of rotatable bonds is 9. The second-order valence-electron chi connectivity index (χ2n) is 5.53. The van der Waals surface area contributed by atoms with Crippen LogP contribution in [0.4, 0.5) is 0 Å². The molecule has 4 nitrogen and oxygen atoms in total. The van der Waals surface area contributed by atoms with E-state index in [1.165, 1.54) is 0 Å². The fourth-order valence-corrected chi connectivity index (χ4v) is 2.82.